The molecule has 1 aliphatic rings. The third kappa shape index (κ3) is 6.29. The lowest BCUT2D eigenvalue weighted by Crippen LogP contribution is -2.36. The van der Waals surface area contributed by atoms with Crippen LogP contribution in [-0.4, -0.2) is 24.1 Å². The van der Waals surface area contributed by atoms with E-state index in [9.17, 15) is 8.78 Å². The summed E-state index contributed by atoms with van der Waals surface area (Å²) in [5.41, 5.74) is 1.16. The first kappa shape index (κ1) is 22.3. The van der Waals surface area contributed by atoms with Gasteiger partial charge in [-0.3, -0.25) is 4.99 Å². The molecule has 0 saturated heterocycles. The molecule has 5 nitrogen and oxygen atoms in total. The van der Waals surface area contributed by atoms with Crippen LogP contribution in [0.2, 0.25) is 0 Å². The zero-order valence-corrected chi connectivity index (χ0v) is 18.1. The zero-order valence-electron chi connectivity index (χ0n) is 15.8. The van der Waals surface area contributed by atoms with Crippen molar-refractivity contribution in [1.82, 2.24) is 15.6 Å². The highest BCUT2D eigenvalue weighted by atomic mass is 127. The number of hydrogen-bond donors (Lipinski definition) is 2. The Labute approximate surface area is 181 Å². The van der Waals surface area contributed by atoms with Crippen molar-refractivity contribution < 1.29 is 13.5 Å². The van der Waals surface area contributed by atoms with E-state index in [1.54, 1.807) is 13.2 Å². The molecular weight excluding hydrogens is 477 g/mol. The van der Waals surface area contributed by atoms with Gasteiger partial charge in [-0.15, -0.1) is 24.0 Å². The van der Waals surface area contributed by atoms with Crippen LogP contribution in [0.4, 0.5) is 8.78 Å². The van der Waals surface area contributed by atoms with Gasteiger partial charge in [0.05, 0.1) is 0 Å². The lowest BCUT2D eigenvalue weighted by atomic mass is 10.2. The van der Waals surface area contributed by atoms with E-state index in [4.69, 9.17) is 4.74 Å². The van der Waals surface area contributed by atoms with E-state index in [0.717, 1.165) is 30.5 Å². The summed E-state index contributed by atoms with van der Waals surface area (Å²) in [7, 11) is 1.62. The number of nitrogens with zero attached hydrogens (tertiary/aromatic N) is 2. The van der Waals surface area contributed by atoms with Gasteiger partial charge in [0.2, 0.25) is 5.88 Å². The highest BCUT2D eigenvalue weighted by Crippen LogP contribution is 2.24. The average Bonchev–Trinajstić information content (AvgIpc) is 3.18. The van der Waals surface area contributed by atoms with E-state index >= 15 is 0 Å². The standard InChI is InChI=1S/C20H24F2N4O.HI/c1-23-20(26-13-15-11-16(21)8-9-18(15)22)25-12-14-5-4-10-24-19(14)27-17-6-2-3-7-17;/h4-5,8-11,17H,2-3,6-7,12-13H2,1H3,(H2,23,25,26);1H. The number of nitrogens with one attached hydrogen (secondary N) is 2. The topological polar surface area (TPSA) is 58.5 Å². The average molecular weight is 502 g/mol. The summed E-state index contributed by atoms with van der Waals surface area (Å²) in [4.78, 5) is 8.47. The van der Waals surface area contributed by atoms with Crippen molar-refractivity contribution in [2.45, 2.75) is 44.9 Å². The van der Waals surface area contributed by atoms with Crippen LogP contribution in [0.1, 0.15) is 36.8 Å². The molecule has 1 saturated carbocycles. The van der Waals surface area contributed by atoms with Gasteiger partial charge in [0.15, 0.2) is 5.96 Å². The molecule has 1 heterocycles. The van der Waals surface area contributed by atoms with Gasteiger partial charge in [-0.05, 0) is 49.9 Å². The van der Waals surface area contributed by atoms with E-state index < -0.39 is 11.6 Å². The molecule has 0 bridgehead atoms. The Kier molecular flexibility index (Phi) is 8.88. The molecule has 0 radical (unpaired) electrons. The molecule has 1 aliphatic carbocycles. The van der Waals surface area contributed by atoms with Crippen molar-refractivity contribution in [2.75, 3.05) is 7.05 Å². The van der Waals surface area contributed by atoms with Crippen molar-refractivity contribution in [3.05, 3.63) is 59.3 Å². The monoisotopic (exact) mass is 502 g/mol. The lowest BCUT2D eigenvalue weighted by molar-refractivity contribution is 0.199. The van der Waals surface area contributed by atoms with Crippen molar-refractivity contribution in [3.8, 4) is 5.88 Å². The maximum Gasteiger partial charge on any atom is 0.218 e. The largest absolute Gasteiger partial charge is 0.474 e. The highest BCUT2D eigenvalue weighted by molar-refractivity contribution is 14.0. The van der Waals surface area contributed by atoms with Crippen LogP contribution in [0, 0.1) is 11.6 Å². The van der Waals surface area contributed by atoms with Gasteiger partial charge < -0.3 is 15.4 Å². The third-order valence-electron chi connectivity index (χ3n) is 4.55. The zero-order chi connectivity index (χ0) is 19.1. The lowest BCUT2D eigenvalue weighted by Gasteiger charge is -2.17. The van der Waals surface area contributed by atoms with Crippen LogP contribution in [0.25, 0.3) is 0 Å². The molecule has 1 fully saturated rings. The molecule has 3 rings (SSSR count). The minimum absolute atomic E-state index is 0. The Morgan fingerprint density at radius 2 is 1.86 bits per heavy atom. The molecule has 8 heteroatoms. The van der Waals surface area contributed by atoms with Crippen LogP contribution in [0.5, 0.6) is 5.88 Å². The van der Waals surface area contributed by atoms with E-state index in [-0.39, 0.29) is 42.2 Å². The Balaban J connectivity index is 0.00000280. The van der Waals surface area contributed by atoms with Crippen molar-refractivity contribution in [1.29, 1.82) is 0 Å². The summed E-state index contributed by atoms with van der Waals surface area (Å²) >= 11 is 0. The normalized spacial score (nSPS) is 14.5. The minimum Gasteiger partial charge on any atom is -0.474 e. The summed E-state index contributed by atoms with van der Waals surface area (Å²) in [6.07, 6.45) is 6.45. The Morgan fingerprint density at radius 3 is 2.57 bits per heavy atom. The Morgan fingerprint density at radius 1 is 1.14 bits per heavy atom. The predicted octanol–water partition coefficient (Wildman–Crippen LogP) is 4.16. The third-order valence-corrected chi connectivity index (χ3v) is 4.55. The number of hydrogen-bond acceptors (Lipinski definition) is 3. The molecule has 0 spiro atoms. The second kappa shape index (κ2) is 11.1. The van der Waals surface area contributed by atoms with Crippen LogP contribution >= 0.6 is 24.0 Å². The molecule has 0 aliphatic heterocycles. The number of pyridine rings is 1. The van der Waals surface area contributed by atoms with E-state index in [0.29, 0.717) is 18.4 Å². The molecule has 2 aromatic rings. The molecular formula is C20H25F2IN4O. The van der Waals surface area contributed by atoms with Crippen LogP contribution in [0.3, 0.4) is 0 Å². The van der Waals surface area contributed by atoms with Gasteiger partial charge in [0.1, 0.15) is 17.7 Å². The summed E-state index contributed by atoms with van der Waals surface area (Å²) in [5.74, 6) is 0.178. The van der Waals surface area contributed by atoms with Crippen LogP contribution < -0.4 is 15.4 Å². The number of aromatic nitrogens is 1. The number of aliphatic imine (C=N–C) groups is 1. The first-order valence-corrected chi connectivity index (χ1v) is 9.14. The fourth-order valence-electron chi connectivity index (χ4n) is 3.09. The predicted molar refractivity (Wildman–Crippen MR) is 116 cm³/mol. The molecule has 28 heavy (non-hydrogen) atoms. The Bertz CT molecular complexity index is 798. The van der Waals surface area contributed by atoms with Crippen LogP contribution in [0.15, 0.2) is 41.5 Å². The molecule has 0 atom stereocenters. The molecule has 1 aromatic carbocycles. The second-order valence-electron chi connectivity index (χ2n) is 6.51. The van der Waals surface area contributed by atoms with Gasteiger partial charge in [-0.1, -0.05) is 6.07 Å². The number of guanidine groups is 1. The minimum atomic E-state index is -0.472. The maximum absolute atomic E-state index is 13.7. The van der Waals surface area contributed by atoms with E-state index in [1.807, 2.05) is 12.1 Å². The molecule has 152 valence electrons. The number of ether oxygens (including phenoxy) is 1. The summed E-state index contributed by atoms with van der Waals surface area (Å²) < 4.78 is 33.0. The van der Waals surface area contributed by atoms with E-state index in [1.165, 1.54) is 18.9 Å². The number of halogens is 3. The van der Waals surface area contributed by atoms with Crippen molar-refractivity contribution >= 4 is 29.9 Å². The fourth-order valence-corrected chi connectivity index (χ4v) is 3.09. The smallest absolute Gasteiger partial charge is 0.218 e. The van der Waals surface area contributed by atoms with E-state index in [2.05, 4.69) is 20.6 Å². The van der Waals surface area contributed by atoms with Gasteiger partial charge in [0.25, 0.3) is 0 Å². The second-order valence-corrected chi connectivity index (χ2v) is 6.51. The first-order valence-electron chi connectivity index (χ1n) is 9.14. The molecule has 1 aromatic heterocycles. The quantitative estimate of drug-likeness (QED) is 0.354. The van der Waals surface area contributed by atoms with Gasteiger partial charge >= 0.3 is 0 Å². The molecule has 0 amide bonds. The molecule has 2 N–H and O–H groups in total. The number of benzene rings is 1. The van der Waals surface area contributed by atoms with Gasteiger partial charge in [-0.25, -0.2) is 13.8 Å². The first-order chi connectivity index (χ1) is 13.2. The van der Waals surface area contributed by atoms with Crippen molar-refractivity contribution in [2.24, 2.45) is 4.99 Å². The van der Waals surface area contributed by atoms with Gasteiger partial charge in [0, 0.05) is 37.5 Å². The summed E-state index contributed by atoms with van der Waals surface area (Å²) in [5, 5.41) is 6.15. The SMILES string of the molecule is CN=C(NCc1cc(F)ccc1F)NCc1cccnc1OC1CCCC1.I. The Hall–Kier alpha value is -1.97. The maximum atomic E-state index is 13.7. The fraction of sp³-hybridized carbons (Fsp3) is 0.400. The molecule has 0 unspecified atom stereocenters. The van der Waals surface area contributed by atoms with Crippen LogP contribution in [-0.2, 0) is 13.1 Å². The van der Waals surface area contributed by atoms with Gasteiger partial charge in [-0.2, -0.15) is 0 Å². The number of rotatable bonds is 6. The van der Waals surface area contributed by atoms with Crippen molar-refractivity contribution in [3.63, 3.8) is 0 Å². The highest BCUT2D eigenvalue weighted by Gasteiger charge is 2.18. The summed E-state index contributed by atoms with van der Waals surface area (Å²) in [6.45, 7) is 0.586. The summed E-state index contributed by atoms with van der Waals surface area (Å²) in [6, 6.07) is 7.19.